The van der Waals surface area contributed by atoms with E-state index in [0.29, 0.717) is 5.75 Å². The fraction of sp³-hybridized carbons (Fsp3) is 0.158. The second-order valence-electron chi connectivity index (χ2n) is 5.43. The number of amides is 1. The molecule has 0 aliphatic heterocycles. The number of hydrogen-bond donors (Lipinski definition) is 1. The first-order chi connectivity index (χ1) is 11.7. The maximum Gasteiger partial charge on any atom is 0.231 e. The van der Waals surface area contributed by atoms with Crippen LogP contribution in [0.1, 0.15) is 17.2 Å². The van der Waals surface area contributed by atoms with Crippen molar-refractivity contribution in [2.45, 2.75) is 11.2 Å². The molecular formula is C19H19N3OS. The lowest BCUT2D eigenvalue weighted by atomic mass is 9.99. The topological polar surface area (TPSA) is 46.9 Å². The standard InChI is InChI=1S/C19H19N3OS/c1-22-13-12-20-19(22)24-14-17(23)21-18(15-8-4-2-5-9-15)16-10-6-3-7-11-16/h2-13,18H,14H2,1H3,(H,21,23). The summed E-state index contributed by atoms with van der Waals surface area (Å²) in [5, 5.41) is 3.97. The summed E-state index contributed by atoms with van der Waals surface area (Å²) in [7, 11) is 1.92. The van der Waals surface area contributed by atoms with Crippen LogP contribution < -0.4 is 5.32 Å². The molecular weight excluding hydrogens is 318 g/mol. The van der Waals surface area contributed by atoms with Gasteiger partial charge in [-0.2, -0.15) is 0 Å². The zero-order valence-corrected chi connectivity index (χ0v) is 14.2. The summed E-state index contributed by atoms with van der Waals surface area (Å²) in [6, 6.07) is 19.9. The first kappa shape index (κ1) is 16.3. The normalized spacial score (nSPS) is 10.8. The van der Waals surface area contributed by atoms with Crippen LogP contribution in [0.25, 0.3) is 0 Å². The minimum absolute atomic E-state index is 0.0132. The van der Waals surface area contributed by atoms with E-state index in [-0.39, 0.29) is 11.9 Å². The van der Waals surface area contributed by atoms with E-state index in [2.05, 4.69) is 10.3 Å². The van der Waals surface area contributed by atoms with Gasteiger partial charge in [-0.15, -0.1) is 0 Å². The van der Waals surface area contributed by atoms with Crippen molar-refractivity contribution in [1.29, 1.82) is 0 Å². The van der Waals surface area contributed by atoms with Crippen molar-refractivity contribution in [3.05, 3.63) is 84.2 Å². The molecule has 0 atom stereocenters. The van der Waals surface area contributed by atoms with Crippen LogP contribution >= 0.6 is 11.8 Å². The molecule has 122 valence electrons. The van der Waals surface area contributed by atoms with E-state index < -0.39 is 0 Å². The smallest absolute Gasteiger partial charge is 0.231 e. The molecule has 1 amide bonds. The summed E-state index contributed by atoms with van der Waals surface area (Å²) in [4.78, 5) is 16.7. The van der Waals surface area contributed by atoms with E-state index in [1.165, 1.54) is 11.8 Å². The third-order valence-electron chi connectivity index (χ3n) is 3.68. The zero-order valence-electron chi connectivity index (χ0n) is 13.4. The van der Waals surface area contributed by atoms with E-state index in [1.54, 1.807) is 6.20 Å². The van der Waals surface area contributed by atoms with E-state index in [1.807, 2.05) is 78.5 Å². The molecule has 4 nitrogen and oxygen atoms in total. The van der Waals surface area contributed by atoms with Gasteiger partial charge < -0.3 is 9.88 Å². The SMILES string of the molecule is Cn1ccnc1SCC(=O)NC(c1ccccc1)c1ccccc1. The molecule has 0 unspecified atom stereocenters. The zero-order chi connectivity index (χ0) is 16.8. The lowest BCUT2D eigenvalue weighted by Gasteiger charge is -2.19. The van der Waals surface area contributed by atoms with Gasteiger partial charge in [0.15, 0.2) is 5.16 Å². The molecule has 0 aliphatic rings. The van der Waals surface area contributed by atoms with Crippen LogP contribution in [0, 0.1) is 0 Å². The van der Waals surface area contributed by atoms with Gasteiger partial charge in [0.2, 0.25) is 5.91 Å². The van der Waals surface area contributed by atoms with Gasteiger partial charge in [0.25, 0.3) is 0 Å². The third-order valence-corrected chi connectivity index (χ3v) is 4.74. The van der Waals surface area contributed by atoms with E-state index in [4.69, 9.17) is 0 Å². The molecule has 3 aromatic rings. The van der Waals surface area contributed by atoms with Crippen LogP contribution in [0.15, 0.2) is 78.2 Å². The minimum atomic E-state index is -0.151. The van der Waals surface area contributed by atoms with Crippen LogP contribution in [0.4, 0.5) is 0 Å². The number of nitrogens with one attached hydrogen (secondary N) is 1. The molecule has 1 heterocycles. The van der Waals surface area contributed by atoms with Crippen molar-refractivity contribution in [3.63, 3.8) is 0 Å². The van der Waals surface area contributed by atoms with Crippen molar-refractivity contribution in [2.24, 2.45) is 7.05 Å². The lowest BCUT2D eigenvalue weighted by molar-refractivity contribution is -0.119. The van der Waals surface area contributed by atoms with Gasteiger partial charge >= 0.3 is 0 Å². The van der Waals surface area contributed by atoms with Gasteiger partial charge in [-0.3, -0.25) is 4.79 Å². The maximum atomic E-state index is 12.4. The molecule has 0 bridgehead atoms. The predicted octanol–water partition coefficient (Wildman–Crippen LogP) is 3.42. The second kappa shape index (κ2) is 7.84. The Labute approximate surface area is 145 Å². The van der Waals surface area contributed by atoms with Crippen molar-refractivity contribution in [3.8, 4) is 0 Å². The fourth-order valence-corrected chi connectivity index (χ4v) is 3.22. The Morgan fingerprint density at radius 3 is 2.17 bits per heavy atom. The number of hydrogen-bond acceptors (Lipinski definition) is 3. The van der Waals surface area contributed by atoms with Gasteiger partial charge in [0.1, 0.15) is 0 Å². The molecule has 2 aromatic carbocycles. The molecule has 0 saturated heterocycles. The number of rotatable bonds is 6. The Bertz CT molecular complexity index is 747. The number of thioether (sulfide) groups is 1. The summed E-state index contributed by atoms with van der Waals surface area (Å²) < 4.78 is 1.91. The van der Waals surface area contributed by atoms with Crippen LogP contribution in [0.3, 0.4) is 0 Å². The maximum absolute atomic E-state index is 12.4. The van der Waals surface area contributed by atoms with Gasteiger partial charge in [-0.05, 0) is 11.1 Å². The summed E-state index contributed by atoms with van der Waals surface area (Å²) >= 11 is 1.43. The molecule has 1 N–H and O–H groups in total. The van der Waals surface area contributed by atoms with Crippen molar-refractivity contribution in [2.75, 3.05) is 5.75 Å². The Kier molecular flexibility index (Phi) is 5.33. The Morgan fingerprint density at radius 1 is 1.08 bits per heavy atom. The number of nitrogens with zero attached hydrogens (tertiary/aromatic N) is 2. The average molecular weight is 337 g/mol. The fourth-order valence-electron chi connectivity index (χ4n) is 2.47. The molecule has 1 aromatic heterocycles. The number of aromatic nitrogens is 2. The van der Waals surface area contributed by atoms with E-state index >= 15 is 0 Å². The third kappa shape index (κ3) is 4.06. The number of carbonyl (C=O) groups excluding carboxylic acids is 1. The van der Waals surface area contributed by atoms with Crippen LogP contribution in [-0.4, -0.2) is 21.2 Å². The summed E-state index contributed by atoms with van der Waals surface area (Å²) in [6.07, 6.45) is 3.61. The van der Waals surface area contributed by atoms with E-state index in [0.717, 1.165) is 16.3 Å². The molecule has 0 radical (unpaired) electrons. The summed E-state index contributed by atoms with van der Waals surface area (Å²) in [5.74, 6) is 0.321. The highest BCUT2D eigenvalue weighted by Crippen LogP contribution is 2.22. The number of aryl methyl sites for hydroxylation is 1. The molecule has 24 heavy (non-hydrogen) atoms. The number of benzene rings is 2. The highest BCUT2D eigenvalue weighted by Gasteiger charge is 2.17. The number of carbonyl (C=O) groups is 1. The Hall–Kier alpha value is -2.53. The highest BCUT2D eigenvalue weighted by atomic mass is 32.2. The van der Waals surface area contributed by atoms with Gasteiger partial charge in [0, 0.05) is 19.4 Å². The molecule has 0 spiro atoms. The Morgan fingerprint density at radius 2 is 1.67 bits per heavy atom. The van der Waals surface area contributed by atoms with Gasteiger partial charge in [0.05, 0.1) is 11.8 Å². The highest BCUT2D eigenvalue weighted by molar-refractivity contribution is 7.99. The molecule has 0 aliphatic carbocycles. The molecule has 0 saturated carbocycles. The molecule has 3 rings (SSSR count). The minimum Gasteiger partial charge on any atom is -0.344 e. The summed E-state index contributed by atoms with van der Waals surface area (Å²) in [5.41, 5.74) is 2.14. The predicted molar refractivity (Wildman–Crippen MR) is 96.8 cm³/mol. The van der Waals surface area contributed by atoms with Crippen molar-refractivity contribution >= 4 is 17.7 Å². The quantitative estimate of drug-likeness (QED) is 0.701. The first-order valence-electron chi connectivity index (χ1n) is 7.73. The lowest BCUT2D eigenvalue weighted by Crippen LogP contribution is -2.30. The Balaban J connectivity index is 1.72. The van der Waals surface area contributed by atoms with Gasteiger partial charge in [-0.1, -0.05) is 72.4 Å². The van der Waals surface area contributed by atoms with Crippen LogP contribution in [0.5, 0.6) is 0 Å². The van der Waals surface area contributed by atoms with Crippen molar-refractivity contribution < 1.29 is 4.79 Å². The average Bonchev–Trinajstić information content (AvgIpc) is 3.04. The monoisotopic (exact) mass is 337 g/mol. The van der Waals surface area contributed by atoms with Gasteiger partial charge in [-0.25, -0.2) is 4.98 Å². The number of imidazole rings is 1. The first-order valence-corrected chi connectivity index (χ1v) is 8.72. The summed E-state index contributed by atoms with van der Waals surface area (Å²) in [6.45, 7) is 0. The van der Waals surface area contributed by atoms with Crippen LogP contribution in [-0.2, 0) is 11.8 Å². The van der Waals surface area contributed by atoms with Crippen LogP contribution in [0.2, 0.25) is 0 Å². The largest absolute Gasteiger partial charge is 0.344 e. The molecule has 0 fully saturated rings. The van der Waals surface area contributed by atoms with E-state index in [9.17, 15) is 4.79 Å². The second-order valence-corrected chi connectivity index (χ2v) is 6.37. The van der Waals surface area contributed by atoms with Crippen molar-refractivity contribution in [1.82, 2.24) is 14.9 Å². The molecule has 5 heteroatoms.